The average molecular weight is 379 g/mol. The van der Waals surface area contributed by atoms with Crippen molar-refractivity contribution in [3.8, 4) is 0 Å². The van der Waals surface area contributed by atoms with Crippen LogP contribution in [0.25, 0.3) is 0 Å². The van der Waals surface area contributed by atoms with Gasteiger partial charge in [0, 0.05) is 17.9 Å². The molecule has 2 aliphatic carbocycles. The number of nitrogens with one attached hydrogen (secondary N) is 1. The van der Waals surface area contributed by atoms with Crippen molar-refractivity contribution in [3.63, 3.8) is 0 Å². The van der Waals surface area contributed by atoms with Crippen LogP contribution in [0.4, 0.5) is 10.2 Å². The highest BCUT2D eigenvalue weighted by molar-refractivity contribution is 6.31. The molecule has 0 aliphatic heterocycles. The van der Waals surface area contributed by atoms with Crippen molar-refractivity contribution in [3.05, 3.63) is 46.5 Å². The molecular formula is C19H24ClFN4O. The van der Waals surface area contributed by atoms with E-state index in [1.807, 2.05) is 10.8 Å². The number of anilines is 1. The fourth-order valence-corrected chi connectivity index (χ4v) is 3.63. The van der Waals surface area contributed by atoms with E-state index in [2.05, 4.69) is 29.4 Å². The SMILES string of the molecule is CN(C)C1CCC(n2cc(C=O)c(NC3=CCC=C(Cl)C(F)=C3)n2)CC1. The molecule has 26 heavy (non-hydrogen) atoms. The Morgan fingerprint density at radius 3 is 2.69 bits per heavy atom. The normalized spacial score (nSPS) is 23.8. The fraction of sp³-hybridized carbons (Fsp3) is 0.474. The molecule has 0 amide bonds. The van der Waals surface area contributed by atoms with Gasteiger partial charge >= 0.3 is 0 Å². The first kappa shape index (κ1) is 18.9. The van der Waals surface area contributed by atoms with E-state index in [1.165, 1.54) is 6.08 Å². The predicted octanol–water partition coefficient (Wildman–Crippen LogP) is 4.42. The highest BCUT2D eigenvalue weighted by Crippen LogP contribution is 2.31. The summed E-state index contributed by atoms with van der Waals surface area (Å²) in [6.07, 6.45) is 12.1. The van der Waals surface area contributed by atoms with Crippen LogP contribution in [0.2, 0.25) is 0 Å². The summed E-state index contributed by atoms with van der Waals surface area (Å²) >= 11 is 5.82. The van der Waals surface area contributed by atoms with Gasteiger partial charge in [0.1, 0.15) is 5.83 Å². The molecule has 1 aromatic heterocycles. The van der Waals surface area contributed by atoms with Crippen LogP contribution in [0.15, 0.2) is 41.0 Å². The number of carbonyl (C=O) groups excluding carboxylic acids is 1. The minimum absolute atomic E-state index is 0.0943. The summed E-state index contributed by atoms with van der Waals surface area (Å²) in [6, 6.07) is 0.887. The van der Waals surface area contributed by atoms with Crippen molar-refractivity contribution in [1.29, 1.82) is 0 Å². The second-order valence-electron chi connectivity index (χ2n) is 7.02. The van der Waals surface area contributed by atoms with E-state index in [1.54, 1.807) is 12.3 Å². The van der Waals surface area contributed by atoms with Gasteiger partial charge in [0.05, 0.1) is 16.6 Å². The molecule has 7 heteroatoms. The monoisotopic (exact) mass is 378 g/mol. The Morgan fingerprint density at radius 1 is 1.31 bits per heavy atom. The minimum atomic E-state index is -0.503. The maximum absolute atomic E-state index is 13.9. The molecule has 1 aromatic rings. The van der Waals surface area contributed by atoms with Gasteiger partial charge in [-0.2, -0.15) is 5.10 Å². The smallest absolute Gasteiger partial charge is 0.163 e. The maximum Gasteiger partial charge on any atom is 0.163 e. The van der Waals surface area contributed by atoms with Gasteiger partial charge in [0.15, 0.2) is 12.1 Å². The second kappa shape index (κ2) is 8.18. The summed E-state index contributed by atoms with van der Waals surface area (Å²) in [5.74, 6) is -0.0555. The molecule has 0 atom stereocenters. The van der Waals surface area contributed by atoms with Gasteiger partial charge in [-0.1, -0.05) is 23.8 Å². The van der Waals surface area contributed by atoms with Crippen LogP contribution in [-0.4, -0.2) is 41.1 Å². The molecular weight excluding hydrogens is 355 g/mol. The molecule has 0 aromatic carbocycles. The summed E-state index contributed by atoms with van der Waals surface area (Å²) in [4.78, 5) is 13.7. The quantitative estimate of drug-likeness (QED) is 0.771. The number of hydrogen-bond donors (Lipinski definition) is 1. The molecule has 0 spiro atoms. The number of nitrogens with zero attached hydrogens (tertiary/aromatic N) is 3. The highest BCUT2D eigenvalue weighted by Gasteiger charge is 2.25. The summed E-state index contributed by atoms with van der Waals surface area (Å²) in [5, 5.41) is 7.72. The molecule has 0 saturated heterocycles. The lowest BCUT2D eigenvalue weighted by Crippen LogP contribution is -2.32. The first-order valence-electron chi connectivity index (χ1n) is 8.89. The number of rotatable bonds is 5. The Morgan fingerprint density at radius 2 is 2.04 bits per heavy atom. The van der Waals surface area contributed by atoms with Crippen LogP contribution in [-0.2, 0) is 0 Å². The van der Waals surface area contributed by atoms with Crippen molar-refractivity contribution in [2.45, 2.75) is 44.2 Å². The lowest BCUT2D eigenvalue weighted by atomic mass is 9.91. The molecule has 140 valence electrons. The number of carbonyl (C=O) groups is 1. The van der Waals surface area contributed by atoms with Gasteiger partial charge in [-0.25, -0.2) is 4.39 Å². The summed E-state index contributed by atoms with van der Waals surface area (Å²) < 4.78 is 15.7. The van der Waals surface area contributed by atoms with E-state index < -0.39 is 5.83 Å². The summed E-state index contributed by atoms with van der Waals surface area (Å²) in [6.45, 7) is 0. The van der Waals surface area contributed by atoms with Crippen LogP contribution in [0.3, 0.4) is 0 Å². The third kappa shape index (κ3) is 4.24. The Bertz CT molecular complexity index is 758. The van der Waals surface area contributed by atoms with Gasteiger partial charge in [-0.05, 0) is 52.3 Å². The Kier molecular flexibility index (Phi) is 5.94. The van der Waals surface area contributed by atoms with Gasteiger partial charge in [-0.15, -0.1) is 0 Å². The minimum Gasteiger partial charge on any atom is -0.338 e. The van der Waals surface area contributed by atoms with Crippen molar-refractivity contribution in [2.75, 3.05) is 19.4 Å². The van der Waals surface area contributed by atoms with Crippen molar-refractivity contribution in [1.82, 2.24) is 14.7 Å². The Hall–Kier alpha value is -1.92. The van der Waals surface area contributed by atoms with Crippen molar-refractivity contribution >= 4 is 23.7 Å². The highest BCUT2D eigenvalue weighted by atomic mass is 35.5. The first-order valence-corrected chi connectivity index (χ1v) is 9.27. The molecule has 5 nitrogen and oxygen atoms in total. The van der Waals surface area contributed by atoms with Crippen LogP contribution < -0.4 is 5.32 Å². The third-order valence-electron chi connectivity index (χ3n) is 5.07. The van der Waals surface area contributed by atoms with E-state index in [0.29, 0.717) is 29.5 Å². The average Bonchev–Trinajstić information content (AvgIpc) is 2.96. The zero-order valence-corrected chi connectivity index (χ0v) is 15.8. The van der Waals surface area contributed by atoms with Crippen molar-refractivity contribution in [2.24, 2.45) is 0 Å². The fourth-order valence-electron chi connectivity index (χ4n) is 3.49. The van der Waals surface area contributed by atoms with Gasteiger partial charge in [-0.3, -0.25) is 9.48 Å². The van der Waals surface area contributed by atoms with E-state index in [9.17, 15) is 9.18 Å². The molecule has 1 fully saturated rings. The van der Waals surface area contributed by atoms with E-state index in [-0.39, 0.29) is 11.1 Å². The summed E-state index contributed by atoms with van der Waals surface area (Å²) in [7, 11) is 4.22. The number of allylic oxidation sites excluding steroid dienone is 5. The number of halogens is 2. The molecule has 0 radical (unpaired) electrons. The largest absolute Gasteiger partial charge is 0.338 e. The second-order valence-corrected chi connectivity index (χ2v) is 7.43. The van der Waals surface area contributed by atoms with Crippen molar-refractivity contribution < 1.29 is 9.18 Å². The van der Waals surface area contributed by atoms with Crippen LogP contribution >= 0.6 is 11.6 Å². The number of aldehydes is 1. The van der Waals surface area contributed by atoms with Crippen LogP contribution in [0, 0.1) is 0 Å². The third-order valence-corrected chi connectivity index (χ3v) is 5.40. The van der Waals surface area contributed by atoms with E-state index in [4.69, 9.17) is 11.6 Å². The maximum atomic E-state index is 13.9. The molecule has 3 rings (SSSR count). The zero-order chi connectivity index (χ0) is 18.7. The number of hydrogen-bond acceptors (Lipinski definition) is 4. The van der Waals surface area contributed by atoms with E-state index >= 15 is 0 Å². The van der Waals surface area contributed by atoms with E-state index in [0.717, 1.165) is 32.0 Å². The lowest BCUT2D eigenvalue weighted by Gasteiger charge is -2.32. The van der Waals surface area contributed by atoms with Gasteiger partial charge < -0.3 is 10.2 Å². The standard InChI is InChI=1S/C19H24ClFN4O/c1-24(2)15-6-8-16(9-7-15)25-11-13(12-26)19(23-25)22-14-4-3-5-17(20)18(21)10-14/h4-5,10-12,15-16H,3,6-9H2,1-2H3,(H,22,23). The number of aromatic nitrogens is 2. The van der Waals surface area contributed by atoms with Gasteiger partial charge in [0.2, 0.25) is 0 Å². The van der Waals surface area contributed by atoms with Crippen LogP contribution in [0.1, 0.15) is 48.5 Å². The van der Waals surface area contributed by atoms with Crippen LogP contribution in [0.5, 0.6) is 0 Å². The molecule has 1 N–H and O–H groups in total. The molecule has 1 saturated carbocycles. The first-order chi connectivity index (χ1) is 12.5. The predicted molar refractivity (Wildman–Crippen MR) is 102 cm³/mol. The molecule has 1 heterocycles. The Labute approximate surface area is 158 Å². The lowest BCUT2D eigenvalue weighted by molar-refractivity contribution is 0.112. The summed E-state index contributed by atoms with van der Waals surface area (Å²) in [5.41, 5.74) is 1.01. The Balaban J connectivity index is 1.74. The van der Waals surface area contributed by atoms with Gasteiger partial charge in [0.25, 0.3) is 0 Å². The molecule has 0 unspecified atom stereocenters. The topological polar surface area (TPSA) is 50.2 Å². The molecule has 0 bridgehead atoms. The molecule has 2 aliphatic rings. The zero-order valence-electron chi connectivity index (χ0n) is 15.1.